The second-order valence-corrected chi connectivity index (χ2v) is 10.5. The van der Waals surface area contributed by atoms with Crippen LogP contribution in [0.25, 0.3) is 0 Å². The number of primary amides is 2. The molecule has 224 valence electrons. The highest BCUT2D eigenvalue weighted by atomic mass is 16.3. The molecular formula is C31H40N6O5. The van der Waals surface area contributed by atoms with Crippen molar-refractivity contribution in [1.82, 2.24) is 15.3 Å². The Balaban J connectivity index is 1.42. The van der Waals surface area contributed by atoms with Gasteiger partial charge in [-0.1, -0.05) is 24.3 Å². The SMILES string of the molecule is Cc1nc(CCCCc2cc(C[C@H](N)C(N)=O)ccc2O)cnc1CCC(=O)CN[C@@H](Cc1ccc(O)cc1)C(N)=O. The van der Waals surface area contributed by atoms with Gasteiger partial charge in [0.2, 0.25) is 11.8 Å². The van der Waals surface area contributed by atoms with Gasteiger partial charge in [-0.25, -0.2) is 0 Å². The summed E-state index contributed by atoms with van der Waals surface area (Å²) in [6.45, 7) is 1.88. The molecular weight excluding hydrogens is 536 g/mol. The van der Waals surface area contributed by atoms with Crippen LogP contribution in [0.3, 0.4) is 0 Å². The van der Waals surface area contributed by atoms with Gasteiger partial charge in [0, 0.05) is 12.6 Å². The molecule has 0 unspecified atom stereocenters. The van der Waals surface area contributed by atoms with E-state index in [1.165, 1.54) is 12.1 Å². The van der Waals surface area contributed by atoms with Crippen molar-refractivity contribution in [3.8, 4) is 11.5 Å². The maximum Gasteiger partial charge on any atom is 0.234 e. The van der Waals surface area contributed by atoms with E-state index in [4.69, 9.17) is 17.2 Å². The van der Waals surface area contributed by atoms with E-state index >= 15 is 0 Å². The Bertz CT molecular complexity index is 1380. The number of amides is 2. The number of nitrogens with zero attached hydrogens (tertiary/aromatic N) is 2. The lowest BCUT2D eigenvalue weighted by molar-refractivity contribution is -0.121. The number of carbonyl (C=O) groups excluding carboxylic acids is 3. The minimum Gasteiger partial charge on any atom is -0.508 e. The Kier molecular flexibility index (Phi) is 11.9. The third-order valence-electron chi connectivity index (χ3n) is 7.10. The van der Waals surface area contributed by atoms with Gasteiger partial charge in [0.1, 0.15) is 17.3 Å². The molecule has 11 heteroatoms. The van der Waals surface area contributed by atoms with Crippen LogP contribution >= 0.6 is 0 Å². The zero-order valence-corrected chi connectivity index (χ0v) is 23.9. The minimum absolute atomic E-state index is 0.00661. The Labute approximate surface area is 245 Å². The number of benzene rings is 2. The summed E-state index contributed by atoms with van der Waals surface area (Å²) in [7, 11) is 0. The van der Waals surface area contributed by atoms with Gasteiger partial charge in [-0.05, 0) is 86.8 Å². The number of ketones is 1. The topological polar surface area (TPSA) is 208 Å². The van der Waals surface area contributed by atoms with Crippen LogP contribution in [0.1, 0.15) is 53.0 Å². The molecule has 3 rings (SSSR count). The lowest BCUT2D eigenvalue weighted by Gasteiger charge is -2.15. The van der Waals surface area contributed by atoms with Crippen molar-refractivity contribution >= 4 is 17.6 Å². The smallest absolute Gasteiger partial charge is 0.234 e. The summed E-state index contributed by atoms with van der Waals surface area (Å²) in [6.07, 6.45) is 6.10. The van der Waals surface area contributed by atoms with Gasteiger partial charge in [0.25, 0.3) is 0 Å². The molecule has 0 saturated carbocycles. The van der Waals surface area contributed by atoms with Crippen LogP contribution in [-0.2, 0) is 46.5 Å². The number of hydrogen-bond donors (Lipinski definition) is 6. The number of nitrogens with two attached hydrogens (primary N) is 3. The Morgan fingerprint density at radius 1 is 0.905 bits per heavy atom. The Morgan fingerprint density at radius 2 is 1.60 bits per heavy atom. The number of hydrogen-bond acceptors (Lipinski definition) is 9. The number of unbranched alkanes of at least 4 members (excludes halogenated alkanes) is 1. The average Bonchev–Trinajstić information content (AvgIpc) is 2.95. The number of aryl methyl sites for hydroxylation is 4. The fourth-order valence-electron chi connectivity index (χ4n) is 4.59. The molecule has 0 aliphatic rings. The van der Waals surface area contributed by atoms with Gasteiger partial charge in [0.05, 0.1) is 35.7 Å². The van der Waals surface area contributed by atoms with E-state index in [9.17, 15) is 24.6 Å². The second kappa shape index (κ2) is 15.6. The van der Waals surface area contributed by atoms with Crippen LogP contribution in [0.15, 0.2) is 48.7 Å². The lowest BCUT2D eigenvalue weighted by Crippen LogP contribution is -2.45. The van der Waals surface area contributed by atoms with Crippen molar-refractivity contribution in [3.05, 3.63) is 82.4 Å². The monoisotopic (exact) mass is 576 g/mol. The molecule has 42 heavy (non-hydrogen) atoms. The molecule has 2 atom stereocenters. The number of phenols is 2. The number of Topliss-reactive ketones (excluding diaryl/α,β-unsaturated/α-hetero) is 1. The van der Waals surface area contributed by atoms with Crippen molar-refractivity contribution < 1.29 is 24.6 Å². The van der Waals surface area contributed by atoms with E-state index in [1.54, 1.807) is 30.5 Å². The van der Waals surface area contributed by atoms with E-state index in [0.717, 1.165) is 53.0 Å². The lowest BCUT2D eigenvalue weighted by atomic mass is 9.99. The highest BCUT2D eigenvalue weighted by molar-refractivity contribution is 5.83. The van der Waals surface area contributed by atoms with Crippen LogP contribution in [0.4, 0.5) is 0 Å². The molecule has 11 nitrogen and oxygen atoms in total. The van der Waals surface area contributed by atoms with Gasteiger partial charge in [0.15, 0.2) is 0 Å². The second-order valence-electron chi connectivity index (χ2n) is 10.5. The maximum atomic E-state index is 12.5. The number of aromatic nitrogens is 2. The van der Waals surface area contributed by atoms with Crippen molar-refractivity contribution in [2.45, 2.75) is 70.4 Å². The molecule has 1 aromatic heterocycles. The predicted octanol–water partition coefficient (Wildman–Crippen LogP) is 1.30. The van der Waals surface area contributed by atoms with Crippen molar-refractivity contribution in [2.24, 2.45) is 17.2 Å². The number of nitrogens with one attached hydrogen (secondary N) is 1. The molecule has 2 aromatic carbocycles. The standard InChI is InChI=1S/C31H40N6O5/c1-19-27(12-11-25(39)18-36-28(31(34)42)16-20-6-9-24(38)10-7-20)35-17-23(37-19)5-3-2-4-22-14-21(8-13-29(22)40)15-26(32)30(33)41/h6-10,13-14,17,26,28,36,38,40H,2-5,11-12,15-16,18,32H2,1H3,(H2,33,41)(H2,34,42)/t26-,28-/m0/s1. The van der Waals surface area contributed by atoms with Crippen molar-refractivity contribution in [3.63, 3.8) is 0 Å². The van der Waals surface area contributed by atoms with E-state index in [2.05, 4.69) is 15.3 Å². The highest BCUT2D eigenvalue weighted by Gasteiger charge is 2.17. The molecule has 0 radical (unpaired) electrons. The molecule has 0 aliphatic carbocycles. The predicted molar refractivity (Wildman–Crippen MR) is 159 cm³/mol. The highest BCUT2D eigenvalue weighted by Crippen LogP contribution is 2.22. The van der Waals surface area contributed by atoms with Crippen molar-refractivity contribution in [2.75, 3.05) is 6.54 Å². The largest absolute Gasteiger partial charge is 0.508 e. The van der Waals surface area contributed by atoms with Gasteiger partial charge >= 0.3 is 0 Å². The summed E-state index contributed by atoms with van der Waals surface area (Å²) in [6, 6.07) is 10.2. The summed E-state index contributed by atoms with van der Waals surface area (Å²) in [5.74, 6) is -0.844. The molecule has 1 heterocycles. The van der Waals surface area contributed by atoms with Crippen LogP contribution in [0, 0.1) is 6.92 Å². The van der Waals surface area contributed by atoms with E-state index < -0.39 is 23.9 Å². The Morgan fingerprint density at radius 3 is 2.26 bits per heavy atom. The van der Waals surface area contributed by atoms with E-state index in [1.807, 2.05) is 13.0 Å². The summed E-state index contributed by atoms with van der Waals surface area (Å²) in [4.78, 5) is 44.8. The fraction of sp³-hybridized carbons (Fsp3) is 0.387. The quantitative estimate of drug-likeness (QED) is 0.128. The molecule has 0 saturated heterocycles. The molecule has 9 N–H and O–H groups in total. The van der Waals surface area contributed by atoms with Crippen LogP contribution in [-0.4, -0.2) is 56.4 Å². The number of aromatic hydroxyl groups is 2. The molecule has 0 spiro atoms. The third kappa shape index (κ3) is 10.2. The summed E-state index contributed by atoms with van der Waals surface area (Å²) >= 11 is 0. The van der Waals surface area contributed by atoms with Gasteiger partial charge in [-0.3, -0.25) is 29.7 Å². The van der Waals surface area contributed by atoms with Gasteiger partial charge in [-0.15, -0.1) is 0 Å². The average molecular weight is 577 g/mol. The van der Waals surface area contributed by atoms with Crippen molar-refractivity contribution in [1.29, 1.82) is 0 Å². The van der Waals surface area contributed by atoms with Gasteiger partial charge < -0.3 is 27.4 Å². The van der Waals surface area contributed by atoms with Crippen LogP contribution in [0.2, 0.25) is 0 Å². The molecule has 3 aromatic rings. The third-order valence-corrected chi connectivity index (χ3v) is 7.10. The number of carbonyl (C=O) groups is 3. The first kappa shape index (κ1) is 32.2. The zero-order valence-electron chi connectivity index (χ0n) is 23.9. The van der Waals surface area contributed by atoms with Gasteiger partial charge in [-0.2, -0.15) is 0 Å². The Hall–Kier alpha value is -4.35. The van der Waals surface area contributed by atoms with Crippen LogP contribution in [0.5, 0.6) is 11.5 Å². The normalized spacial score (nSPS) is 12.5. The molecule has 0 bridgehead atoms. The first-order valence-electron chi connectivity index (χ1n) is 14.0. The first-order chi connectivity index (χ1) is 20.0. The molecule has 2 amide bonds. The first-order valence-corrected chi connectivity index (χ1v) is 14.0. The number of rotatable bonds is 17. The molecule has 0 fully saturated rings. The minimum atomic E-state index is -0.765. The van der Waals surface area contributed by atoms with E-state index in [-0.39, 0.29) is 30.2 Å². The zero-order chi connectivity index (χ0) is 30.6. The summed E-state index contributed by atoms with van der Waals surface area (Å²) in [5, 5.41) is 22.6. The number of phenolic OH excluding ortho intramolecular Hbond substituents is 2. The van der Waals surface area contributed by atoms with E-state index in [0.29, 0.717) is 25.7 Å². The summed E-state index contributed by atoms with van der Waals surface area (Å²) < 4.78 is 0. The molecule has 0 aliphatic heterocycles. The maximum absolute atomic E-state index is 12.5. The van der Waals surface area contributed by atoms with Crippen LogP contribution < -0.4 is 22.5 Å². The fourth-order valence-corrected chi connectivity index (χ4v) is 4.59. The summed E-state index contributed by atoms with van der Waals surface area (Å²) in [5.41, 5.74) is 21.3.